The van der Waals surface area contributed by atoms with E-state index < -0.39 is 12.1 Å². The minimum absolute atomic E-state index is 0.0806. The van der Waals surface area contributed by atoms with E-state index in [1.807, 2.05) is 49.4 Å². The summed E-state index contributed by atoms with van der Waals surface area (Å²) in [6.45, 7) is 3.68. The molecule has 2 rings (SSSR count). The number of esters is 1. The number of para-hydroxylation sites is 2. The number of rotatable bonds is 7. The maximum atomic E-state index is 12.0. The molecule has 0 aromatic heterocycles. The minimum Gasteiger partial charge on any atom is -0.493 e. The monoisotopic (exact) mass is 327 g/mol. The van der Waals surface area contributed by atoms with Crippen molar-refractivity contribution in [3.63, 3.8) is 0 Å². The van der Waals surface area contributed by atoms with Crippen LogP contribution >= 0.6 is 0 Å². The molecule has 0 aliphatic carbocycles. The van der Waals surface area contributed by atoms with E-state index in [-0.39, 0.29) is 18.9 Å². The number of carbonyl (C=O) groups is 2. The molecule has 0 fully saturated rings. The lowest BCUT2D eigenvalue weighted by Gasteiger charge is -2.14. The maximum absolute atomic E-state index is 12.0. The van der Waals surface area contributed by atoms with Crippen LogP contribution in [-0.2, 0) is 14.3 Å². The molecule has 24 heavy (non-hydrogen) atoms. The summed E-state index contributed by atoms with van der Waals surface area (Å²) in [5.74, 6) is -0.103. The highest BCUT2D eigenvalue weighted by atomic mass is 16.5. The van der Waals surface area contributed by atoms with E-state index in [9.17, 15) is 9.59 Å². The fourth-order valence-corrected chi connectivity index (χ4v) is 2.04. The SMILES string of the molecule is Cc1ccccc1OCCC(=O)O[C@@H](C)C(=O)Nc1ccccc1. The van der Waals surface area contributed by atoms with Gasteiger partial charge in [-0.1, -0.05) is 36.4 Å². The zero-order chi connectivity index (χ0) is 17.4. The molecule has 0 heterocycles. The van der Waals surface area contributed by atoms with E-state index in [1.165, 1.54) is 0 Å². The van der Waals surface area contributed by atoms with Crippen LogP contribution in [0.5, 0.6) is 5.75 Å². The summed E-state index contributed by atoms with van der Waals surface area (Å²) >= 11 is 0. The number of carbonyl (C=O) groups excluding carboxylic acids is 2. The molecule has 0 spiro atoms. The van der Waals surface area contributed by atoms with Gasteiger partial charge in [-0.25, -0.2) is 0 Å². The number of aryl methyl sites for hydroxylation is 1. The third-order valence-corrected chi connectivity index (χ3v) is 3.38. The topological polar surface area (TPSA) is 64.6 Å². The number of ether oxygens (including phenoxy) is 2. The highest BCUT2D eigenvalue weighted by Gasteiger charge is 2.17. The Labute approximate surface area is 141 Å². The smallest absolute Gasteiger partial charge is 0.310 e. The van der Waals surface area contributed by atoms with E-state index in [4.69, 9.17) is 9.47 Å². The van der Waals surface area contributed by atoms with Crippen LogP contribution in [0.2, 0.25) is 0 Å². The Bertz CT molecular complexity index is 685. The van der Waals surface area contributed by atoms with Crippen molar-refractivity contribution in [3.8, 4) is 5.75 Å². The molecule has 0 saturated heterocycles. The zero-order valence-corrected chi connectivity index (χ0v) is 13.8. The van der Waals surface area contributed by atoms with Crippen LogP contribution in [0, 0.1) is 6.92 Å². The fraction of sp³-hybridized carbons (Fsp3) is 0.263. The second kappa shape index (κ2) is 8.72. The lowest BCUT2D eigenvalue weighted by atomic mass is 10.2. The van der Waals surface area contributed by atoms with Crippen molar-refractivity contribution in [2.75, 3.05) is 11.9 Å². The Morgan fingerprint density at radius 3 is 2.42 bits per heavy atom. The lowest BCUT2D eigenvalue weighted by Crippen LogP contribution is -2.30. The Morgan fingerprint density at radius 1 is 1.04 bits per heavy atom. The molecular formula is C19H21NO4. The largest absolute Gasteiger partial charge is 0.493 e. The van der Waals surface area contributed by atoms with Gasteiger partial charge in [0.1, 0.15) is 5.75 Å². The molecule has 0 saturated carbocycles. The summed E-state index contributed by atoms with van der Waals surface area (Å²) in [5, 5.41) is 2.69. The van der Waals surface area contributed by atoms with Crippen LogP contribution in [0.4, 0.5) is 5.69 Å². The van der Waals surface area contributed by atoms with Crippen molar-refractivity contribution in [2.24, 2.45) is 0 Å². The molecule has 0 aliphatic rings. The van der Waals surface area contributed by atoms with E-state index in [0.717, 1.165) is 11.3 Å². The normalized spacial score (nSPS) is 11.4. The Kier molecular flexibility index (Phi) is 6.37. The molecule has 0 unspecified atom stereocenters. The Morgan fingerprint density at radius 2 is 1.71 bits per heavy atom. The molecule has 0 aliphatic heterocycles. The maximum Gasteiger partial charge on any atom is 0.310 e. The summed E-state index contributed by atoms with van der Waals surface area (Å²) < 4.78 is 10.7. The lowest BCUT2D eigenvalue weighted by molar-refractivity contribution is -0.153. The van der Waals surface area contributed by atoms with Crippen molar-refractivity contribution in [3.05, 3.63) is 60.2 Å². The van der Waals surface area contributed by atoms with Gasteiger partial charge >= 0.3 is 5.97 Å². The van der Waals surface area contributed by atoms with E-state index in [2.05, 4.69) is 5.32 Å². The number of hydrogen-bond acceptors (Lipinski definition) is 4. The van der Waals surface area contributed by atoms with Gasteiger partial charge in [-0.3, -0.25) is 9.59 Å². The molecule has 2 aromatic rings. The van der Waals surface area contributed by atoms with Gasteiger partial charge in [-0.2, -0.15) is 0 Å². The van der Waals surface area contributed by atoms with Crippen LogP contribution in [0.3, 0.4) is 0 Å². The highest BCUT2D eigenvalue weighted by molar-refractivity contribution is 5.95. The molecule has 126 valence electrons. The quantitative estimate of drug-likeness (QED) is 0.792. The van der Waals surface area contributed by atoms with Crippen molar-refractivity contribution >= 4 is 17.6 Å². The standard InChI is InChI=1S/C19H21NO4/c1-14-8-6-7-11-17(14)23-13-12-18(21)24-15(2)19(22)20-16-9-4-3-5-10-16/h3-11,15H,12-13H2,1-2H3,(H,20,22)/t15-/m0/s1. The molecule has 5 heteroatoms. The van der Waals surface area contributed by atoms with Crippen molar-refractivity contribution in [2.45, 2.75) is 26.4 Å². The summed E-state index contributed by atoms with van der Waals surface area (Å²) in [4.78, 5) is 23.8. The average Bonchev–Trinajstić information content (AvgIpc) is 2.57. The number of anilines is 1. The van der Waals surface area contributed by atoms with E-state index in [0.29, 0.717) is 5.69 Å². The first-order valence-electron chi connectivity index (χ1n) is 7.80. The van der Waals surface area contributed by atoms with Gasteiger partial charge in [0, 0.05) is 5.69 Å². The predicted molar refractivity (Wildman–Crippen MR) is 91.9 cm³/mol. The van der Waals surface area contributed by atoms with Gasteiger partial charge in [-0.05, 0) is 37.6 Å². The predicted octanol–water partition coefficient (Wildman–Crippen LogP) is 3.33. The van der Waals surface area contributed by atoms with Crippen LogP contribution in [0.1, 0.15) is 18.9 Å². The number of hydrogen-bond donors (Lipinski definition) is 1. The molecule has 2 aromatic carbocycles. The van der Waals surface area contributed by atoms with Crippen molar-refractivity contribution in [1.82, 2.24) is 0 Å². The number of benzene rings is 2. The third-order valence-electron chi connectivity index (χ3n) is 3.38. The first kappa shape index (κ1) is 17.5. The molecule has 1 amide bonds. The number of amides is 1. The molecular weight excluding hydrogens is 306 g/mol. The molecule has 0 radical (unpaired) electrons. The van der Waals surface area contributed by atoms with Gasteiger partial charge in [-0.15, -0.1) is 0 Å². The summed E-state index contributed by atoms with van der Waals surface area (Å²) in [5.41, 5.74) is 1.66. The summed E-state index contributed by atoms with van der Waals surface area (Å²) in [6.07, 6.45) is -0.784. The molecule has 5 nitrogen and oxygen atoms in total. The van der Waals surface area contributed by atoms with Crippen LogP contribution < -0.4 is 10.1 Å². The first-order chi connectivity index (χ1) is 11.6. The van der Waals surface area contributed by atoms with E-state index in [1.54, 1.807) is 19.1 Å². The van der Waals surface area contributed by atoms with Gasteiger partial charge in [0.2, 0.25) is 0 Å². The second-order valence-corrected chi connectivity index (χ2v) is 5.35. The van der Waals surface area contributed by atoms with Crippen LogP contribution in [0.25, 0.3) is 0 Å². The minimum atomic E-state index is -0.865. The van der Waals surface area contributed by atoms with Crippen molar-refractivity contribution in [1.29, 1.82) is 0 Å². The van der Waals surface area contributed by atoms with E-state index >= 15 is 0 Å². The molecule has 1 N–H and O–H groups in total. The fourth-order valence-electron chi connectivity index (χ4n) is 2.04. The van der Waals surface area contributed by atoms with Crippen LogP contribution in [-0.4, -0.2) is 24.6 Å². The number of nitrogens with one attached hydrogen (secondary N) is 1. The van der Waals surface area contributed by atoms with Gasteiger partial charge in [0.05, 0.1) is 13.0 Å². The average molecular weight is 327 g/mol. The molecule has 0 bridgehead atoms. The van der Waals surface area contributed by atoms with Crippen molar-refractivity contribution < 1.29 is 19.1 Å². The van der Waals surface area contributed by atoms with Gasteiger partial charge < -0.3 is 14.8 Å². The summed E-state index contributed by atoms with van der Waals surface area (Å²) in [7, 11) is 0. The summed E-state index contributed by atoms with van der Waals surface area (Å²) in [6, 6.07) is 16.6. The Balaban J connectivity index is 1.73. The first-order valence-corrected chi connectivity index (χ1v) is 7.80. The highest BCUT2D eigenvalue weighted by Crippen LogP contribution is 2.16. The van der Waals surface area contributed by atoms with Crippen LogP contribution in [0.15, 0.2) is 54.6 Å². The van der Waals surface area contributed by atoms with Gasteiger partial charge in [0.15, 0.2) is 6.10 Å². The second-order valence-electron chi connectivity index (χ2n) is 5.35. The van der Waals surface area contributed by atoms with Gasteiger partial charge in [0.25, 0.3) is 5.91 Å². The Hall–Kier alpha value is -2.82. The molecule has 1 atom stereocenters. The zero-order valence-electron chi connectivity index (χ0n) is 13.8. The third kappa shape index (κ3) is 5.43.